The lowest BCUT2D eigenvalue weighted by molar-refractivity contribution is -0.131. The molecule has 1 aliphatic rings. The van der Waals surface area contributed by atoms with Crippen molar-refractivity contribution in [3.05, 3.63) is 12.2 Å². The van der Waals surface area contributed by atoms with Gasteiger partial charge in [-0.15, -0.1) is 0 Å². The Balaban J connectivity index is 2.49. The summed E-state index contributed by atoms with van der Waals surface area (Å²) in [5.41, 5.74) is 1.04. The van der Waals surface area contributed by atoms with E-state index in [-0.39, 0.29) is 5.91 Å². The highest BCUT2D eigenvalue weighted by Crippen LogP contribution is 2.08. The van der Waals surface area contributed by atoms with E-state index in [0.717, 1.165) is 38.2 Å². The van der Waals surface area contributed by atoms with Crippen LogP contribution in [0.2, 0.25) is 0 Å². The quantitative estimate of drug-likeness (QED) is 0.655. The first kappa shape index (κ1) is 17.2. The van der Waals surface area contributed by atoms with Gasteiger partial charge in [-0.25, -0.2) is 0 Å². The van der Waals surface area contributed by atoms with Gasteiger partial charge in [0, 0.05) is 25.7 Å². The van der Waals surface area contributed by atoms with E-state index in [1.165, 1.54) is 12.8 Å². The third-order valence-corrected chi connectivity index (χ3v) is 3.73. The fourth-order valence-corrected chi connectivity index (χ4v) is 2.77. The highest BCUT2D eigenvalue weighted by Gasteiger charge is 2.21. The monoisotopic (exact) mass is 281 g/mol. The summed E-state index contributed by atoms with van der Waals surface area (Å²) in [5.74, 6) is 0.224. The van der Waals surface area contributed by atoms with Gasteiger partial charge in [-0.05, 0) is 46.2 Å². The molecule has 20 heavy (non-hydrogen) atoms. The Morgan fingerprint density at radius 1 is 1.35 bits per heavy atom. The molecule has 1 heterocycles. The summed E-state index contributed by atoms with van der Waals surface area (Å²) in [6, 6.07) is 0.561. The van der Waals surface area contributed by atoms with E-state index in [4.69, 9.17) is 0 Å². The van der Waals surface area contributed by atoms with Crippen molar-refractivity contribution in [1.82, 2.24) is 15.1 Å². The van der Waals surface area contributed by atoms with Gasteiger partial charge in [0.05, 0.1) is 6.54 Å². The number of hydrogen-bond donors (Lipinski definition) is 1. The van der Waals surface area contributed by atoms with Crippen LogP contribution in [0.5, 0.6) is 0 Å². The zero-order valence-electron chi connectivity index (χ0n) is 13.5. The Hall–Kier alpha value is -0.870. The highest BCUT2D eigenvalue weighted by atomic mass is 16.2. The molecule has 1 saturated heterocycles. The second-order valence-corrected chi connectivity index (χ2v) is 5.89. The van der Waals surface area contributed by atoms with Gasteiger partial charge in [0.15, 0.2) is 0 Å². The number of rotatable bonds is 9. The summed E-state index contributed by atoms with van der Waals surface area (Å²) in [6.07, 6.45) is 3.58. The van der Waals surface area contributed by atoms with Gasteiger partial charge in [-0.3, -0.25) is 9.69 Å². The summed E-state index contributed by atoms with van der Waals surface area (Å²) in [5, 5.41) is 3.51. The Morgan fingerprint density at radius 2 is 2.10 bits per heavy atom. The number of carbonyl (C=O) groups excluding carboxylic acids is 1. The maximum atomic E-state index is 12.4. The van der Waals surface area contributed by atoms with Crippen LogP contribution in [0.4, 0.5) is 0 Å². The Morgan fingerprint density at radius 3 is 2.60 bits per heavy atom. The van der Waals surface area contributed by atoms with Gasteiger partial charge >= 0.3 is 0 Å². The van der Waals surface area contributed by atoms with Crippen LogP contribution in [0.1, 0.15) is 40.0 Å². The first-order chi connectivity index (χ1) is 9.56. The largest absolute Gasteiger partial charge is 0.338 e. The molecule has 1 amide bonds. The molecule has 1 aliphatic heterocycles. The molecule has 0 saturated carbocycles. The maximum absolute atomic E-state index is 12.4. The minimum atomic E-state index is 0.224. The van der Waals surface area contributed by atoms with Gasteiger partial charge in [0.1, 0.15) is 0 Å². The summed E-state index contributed by atoms with van der Waals surface area (Å²) in [6.45, 7) is 15.2. The fraction of sp³-hybridized carbons (Fsp3) is 0.812. The summed E-state index contributed by atoms with van der Waals surface area (Å²) in [4.78, 5) is 16.6. The third-order valence-electron chi connectivity index (χ3n) is 3.73. The lowest BCUT2D eigenvalue weighted by Crippen LogP contribution is -2.45. The lowest BCUT2D eigenvalue weighted by Gasteiger charge is -2.28. The van der Waals surface area contributed by atoms with Crippen LogP contribution in [0.3, 0.4) is 0 Å². The van der Waals surface area contributed by atoms with Crippen molar-refractivity contribution in [2.75, 3.05) is 39.3 Å². The zero-order chi connectivity index (χ0) is 15.0. The molecule has 0 aliphatic carbocycles. The molecule has 1 rings (SSSR count). The van der Waals surface area contributed by atoms with E-state index in [9.17, 15) is 4.79 Å². The third kappa shape index (κ3) is 6.06. The minimum Gasteiger partial charge on any atom is -0.338 e. The first-order valence-corrected chi connectivity index (χ1v) is 7.94. The molecule has 1 atom stereocenters. The van der Waals surface area contributed by atoms with Crippen LogP contribution in [0, 0.1) is 0 Å². The molecule has 0 spiro atoms. The Kier molecular flexibility index (Phi) is 7.85. The summed E-state index contributed by atoms with van der Waals surface area (Å²) < 4.78 is 0. The molecule has 4 nitrogen and oxygen atoms in total. The molecule has 0 aromatic carbocycles. The number of nitrogens with zero attached hydrogens (tertiary/aromatic N) is 2. The van der Waals surface area contributed by atoms with Crippen LogP contribution in [0.25, 0.3) is 0 Å². The van der Waals surface area contributed by atoms with E-state index >= 15 is 0 Å². The average molecular weight is 281 g/mol. The molecule has 0 bridgehead atoms. The number of likely N-dealkylation sites (N-methyl/N-ethyl adjacent to an activating group) is 1. The molecule has 0 aromatic rings. The van der Waals surface area contributed by atoms with Crippen LogP contribution < -0.4 is 5.32 Å². The summed E-state index contributed by atoms with van der Waals surface area (Å²) >= 11 is 0. The van der Waals surface area contributed by atoms with E-state index in [2.05, 4.69) is 23.7 Å². The maximum Gasteiger partial charge on any atom is 0.237 e. The second-order valence-electron chi connectivity index (χ2n) is 5.89. The van der Waals surface area contributed by atoms with Gasteiger partial charge in [0.2, 0.25) is 5.91 Å². The van der Waals surface area contributed by atoms with Crippen LogP contribution in [0.15, 0.2) is 12.2 Å². The molecule has 1 N–H and O–H groups in total. The van der Waals surface area contributed by atoms with E-state index < -0.39 is 0 Å². The normalized spacial score (nSPS) is 18.5. The average Bonchev–Trinajstić information content (AvgIpc) is 2.88. The zero-order valence-corrected chi connectivity index (χ0v) is 13.5. The van der Waals surface area contributed by atoms with Gasteiger partial charge in [0.25, 0.3) is 0 Å². The Labute approximate surface area is 124 Å². The number of carbonyl (C=O) groups is 1. The van der Waals surface area contributed by atoms with Crippen molar-refractivity contribution < 1.29 is 4.79 Å². The Bertz CT molecular complexity index is 311. The minimum absolute atomic E-state index is 0.224. The van der Waals surface area contributed by atoms with Gasteiger partial charge < -0.3 is 10.2 Å². The van der Waals surface area contributed by atoms with Crippen LogP contribution >= 0.6 is 0 Å². The van der Waals surface area contributed by atoms with Crippen LogP contribution in [-0.4, -0.2) is 61.0 Å². The molecule has 0 aromatic heterocycles. The van der Waals surface area contributed by atoms with Crippen molar-refractivity contribution in [1.29, 1.82) is 0 Å². The number of nitrogens with one attached hydrogen (secondary N) is 1. The van der Waals surface area contributed by atoms with Crippen molar-refractivity contribution in [2.24, 2.45) is 0 Å². The number of hydrogen-bond acceptors (Lipinski definition) is 3. The fourth-order valence-electron chi connectivity index (χ4n) is 2.77. The molecular formula is C16H31N3O. The molecule has 4 heteroatoms. The summed E-state index contributed by atoms with van der Waals surface area (Å²) in [7, 11) is 0. The van der Waals surface area contributed by atoms with E-state index in [0.29, 0.717) is 19.1 Å². The molecular weight excluding hydrogens is 250 g/mol. The van der Waals surface area contributed by atoms with E-state index in [1.54, 1.807) is 0 Å². The van der Waals surface area contributed by atoms with Crippen molar-refractivity contribution in [2.45, 2.75) is 46.1 Å². The number of amides is 1. The lowest BCUT2D eigenvalue weighted by atomic mass is 10.2. The molecule has 1 fully saturated rings. The van der Waals surface area contributed by atoms with Crippen molar-refractivity contribution >= 4 is 5.91 Å². The smallest absolute Gasteiger partial charge is 0.237 e. The predicted molar refractivity (Wildman–Crippen MR) is 84.8 cm³/mol. The van der Waals surface area contributed by atoms with Crippen LogP contribution in [-0.2, 0) is 4.79 Å². The first-order valence-electron chi connectivity index (χ1n) is 7.94. The second kappa shape index (κ2) is 9.14. The molecule has 116 valence electrons. The SMILES string of the molecule is C=C(C)CN(CC)C(=O)CN(CCC)CC1CCCN1. The van der Waals surface area contributed by atoms with Crippen molar-refractivity contribution in [3.8, 4) is 0 Å². The topological polar surface area (TPSA) is 35.6 Å². The van der Waals surface area contributed by atoms with Crippen molar-refractivity contribution in [3.63, 3.8) is 0 Å². The molecule has 0 radical (unpaired) electrons. The van der Waals surface area contributed by atoms with E-state index in [1.807, 2.05) is 18.7 Å². The standard InChI is InChI=1S/C16H31N3O/c1-5-10-18(12-15-8-7-9-17-15)13-16(20)19(6-2)11-14(3)4/h15,17H,3,5-13H2,1-2,4H3. The predicted octanol–water partition coefficient (Wildman–Crippen LogP) is 1.87. The molecule has 1 unspecified atom stereocenters. The highest BCUT2D eigenvalue weighted by molar-refractivity contribution is 5.78. The van der Waals surface area contributed by atoms with Gasteiger partial charge in [-0.2, -0.15) is 0 Å². The van der Waals surface area contributed by atoms with Gasteiger partial charge in [-0.1, -0.05) is 19.1 Å².